The third kappa shape index (κ3) is 3.10. The molecule has 3 nitrogen and oxygen atoms in total. The summed E-state index contributed by atoms with van der Waals surface area (Å²) < 4.78 is 18.4. The third-order valence-corrected chi connectivity index (χ3v) is 2.80. The summed E-state index contributed by atoms with van der Waals surface area (Å²) in [5.41, 5.74) is 1.82. The summed E-state index contributed by atoms with van der Waals surface area (Å²) in [5.74, 6) is -1.19. The SMILES string of the molecule is COc1ccc(Cc2cccc(C(=O)O)c2)cc1F. The minimum absolute atomic E-state index is 0.197. The molecule has 0 heterocycles. The van der Waals surface area contributed by atoms with E-state index in [0.717, 1.165) is 11.1 Å². The van der Waals surface area contributed by atoms with E-state index in [-0.39, 0.29) is 11.3 Å². The first-order valence-corrected chi connectivity index (χ1v) is 5.75. The highest BCUT2D eigenvalue weighted by atomic mass is 19.1. The van der Waals surface area contributed by atoms with E-state index in [1.807, 2.05) is 6.07 Å². The van der Waals surface area contributed by atoms with Crippen molar-refractivity contribution in [2.45, 2.75) is 6.42 Å². The average molecular weight is 260 g/mol. The fourth-order valence-corrected chi connectivity index (χ4v) is 1.87. The predicted molar refractivity (Wildman–Crippen MR) is 69.2 cm³/mol. The van der Waals surface area contributed by atoms with Gasteiger partial charge in [-0.25, -0.2) is 9.18 Å². The van der Waals surface area contributed by atoms with E-state index in [1.165, 1.54) is 19.2 Å². The molecule has 0 radical (unpaired) electrons. The Morgan fingerprint density at radius 1 is 1.21 bits per heavy atom. The number of ether oxygens (including phenoxy) is 1. The molecular formula is C15H13FO3. The molecule has 98 valence electrons. The van der Waals surface area contributed by atoms with Crippen molar-refractivity contribution in [1.82, 2.24) is 0 Å². The molecule has 19 heavy (non-hydrogen) atoms. The lowest BCUT2D eigenvalue weighted by molar-refractivity contribution is 0.0697. The molecule has 1 N–H and O–H groups in total. The van der Waals surface area contributed by atoms with Gasteiger partial charge in [0.15, 0.2) is 11.6 Å². The molecule has 0 fully saturated rings. The molecular weight excluding hydrogens is 247 g/mol. The van der Waals surface area contributed by atoms with Crippen molar-refractivity contribution in [3.05, 3.63) is 65.0 Å². The number of rotatable bonds is 4. The largest absolute Gasteiger partial charge is 0.494 e. The van der Waals surface area contributed by atoms with Crippen molar-refractivity contribution in [1.29, 1.82) is 0 Å². The molecule has 0 spiro atoms. The zero-order valence-electron chi connectivity index (χ0n) is 10.4. The van der Waals surface area contributed by atoms with E-state index >= 15 is 0 Å². The molecule has 0 aliphatic heterocycles. The van der Waals surface area contributed by atoms with Gasteiger partial charge in [0.25, 0.3) is 0 Å². The van der Waals surface area contributed by atoms with Gasteiger partial charge in [-0.05, 0) is 41.8 Å². The van der Waals surface area contributed by atoms with Crippen LogP contribution in [0.1, 0.15) is 21.5 Å². The Hall–Kier alpha value is -2.36. The second kappa shape index (κ2) is 5.52. The molecule has 4 heteroatoms. The fraction of sp³-hybridized carbons (Fsp3) is 0.133. The van der Waals surface area contributed by atoms with Crippen molar-refractivity contribution >= 4 is 5.97 Å². The maximum atomic E-state index is 13.5. The zero-order chi connectivity index (χ0) is 13.8. The molecule has 2 rings (SSSR count). The lowest BCUT2D eigenvalue weighted by Gasteiger charge is -2.06. The minimum atomic E-state index is -0.970. The molecule has 0 atom stereocenters. The molecule has 0 aromatic heterocycles. The van der Waals surface area contributed by atoms with Crippen LogP contribution in [0, 0.1) is 5.82 Å². The van der Waals surface area contributed by atoms with Gasteiger partial charge in [-0.1, -0.05) is 18.2 Å². The van der Waals surface area contributed by atoms with E-state index in [4.69, 9.17) is 9.84 Å². The molecule has 0 bridgehead atoms. The maximum absolute atomic E-state index is 13.5. The summed E-state index contributed by atoms with van der Waals surface area (Å²) in [4.78, 5) is 10.9. The molecule has 0 unspecified atom stereocenters. The number of benzene rings is 2. The summed E-state index contributed by atoms with van der Waals surface area (Å²) in [6, 6.07) is 11.3. The number of aromatic carboxylic acids is 1. The molecule has 0 aliphatic carbocycles. The van der Waals surface area contributed by atoms with Crippen LogP contribution in [0.4, 0.5) is 4.39 Å². The first-order chi connectivity index (χ1) is 9.10. The topological polar surface area (TPSA) is 46.5 Å². The van der Waals surface area contributed by atoms with E-state index < -0.39 is 11.8 Å². The van der Waals surface area contributed by atoms with Crippen LogP contribution in [0.15, 0.2) is 42.5 Å². The number of hydrogen-bond donors (Lipinski definition) is 1. The Bertz CT molecular complexity index is 608. The molecule has 2 aromatic carbocycles. The van der Waals surface area contributed by atoms with Crippen LogP contribution in [0.3, 0.4) is 0 Å². The standard InChI is InChI=1S/C15H13FO3/c1-19-14-6-5-11(9-13(14)16)7-10-3-2-4-12(8-10)15(17)18/h2-6,8-9H,7H2,1H3,(H,17,18). The van der Waals surface area contributed by atoms with Crippen molar-refractivity contribution in [2.24, 2.45) is 0 Å². The Morgan fingerprint density at radius 3 is 2.58 bits per heavy atom. The summed E-state index contributed by atoms with van der Waals surface area (Å²) in [6.45, 7) is 0. The van der Waals surface area contributed by atoms with Crippen LogP contribution < -0.4 is 4.74 Å². The van der Waals surface area contributed by atoms with Gasteiger partial charge in [0.2, 0.25) is 0 Å². The normalized spacial score (nSPS) is 10.2. The Kier molecular flexibility index (Phi) is 3.80. The summed E-state index contributed by atoms with van der Waals surface area (Å²) in [7, 11) is 1.41. The molecule has 2 aromatic rings. The van der Waals surface area contributed by atoms with Gasteiger partial charge < -0.3 is 9.84 Å². The van der Waals surface area contributed by atoms with Gasteiger partial charge in [0.05, 0.1) is 12.7 Å². The number of hydrogen-bond acceptors (Lipinski definition) is 2. The van der Waals surface area contributed by atoms with Crippen LogP contribution in [-0.4, -0.2) is 18.2 Å². The van der Waals surface area contributed by atoms with Crippen molar-refractivity contribution < 1.29 is 19.0 Å². The van der Waals surface area contributed by atoms with Crippen LogP contribution in [0.5, 0.6) is 5.75 Å². The van der Waals surface area contributed by atoms with Gasteiger partial charge in [-0.2, -0.15) is 0 Å². The molecule has 0 amide bonds. The number of carboxylic acid groups (broad SMARTS) is 1. The van der Waals surface area contributed by atoms with Gasteiger partial charge in [0.1, 0.15) is 0 Å². The van der Waals surface area contributed by atoms with Crippen molar-refractivity contribution in [3.8, 4) is 5.75 Å². The maximum Gasteiger partial charge on any atom is 0.335 e. The molecule has 0 aliphatic rings. The highest BCUT2D eigenvalue weighted by molar-refractivity contribution is 5.87. The van der Waals surface area contributed by atoms with Crippen LogP contribution >= 0.6 is 0 Å². The lowest BCUT2D eigenvalue weighted by atomic mass is 10.0. The first kappa shape index (κ1) is 13.1. The van der Waals surface area contributed by atoms with Crippen molar-refractivity contribution in [2.75, 3.05) is 7.11 Å². The second-order valence-corrected chi connectivity index (χ2v) is 4.15. The number of methoxy groups -OCH3 is 1. The Labute approximate surface area is 110 Å². The second-order valence-electron chi connectivity index (χ2n) is 4.15. The van der Waals surface area contributed by atoms with Crippen LogP contribution in [0.2, 0.25) is 0 Å². The summed E-state index contributed by atoms with van der Waals surface area (Å²) in [6.07, 6.45) is 0.474. The number of halogens is 1. The Balaban J connectivity index is 2.23. The zero-order valence-corrected chi connectivity index (χ0v) is 10.4. The van der Waals surface area contributed by atoms with E-state index in [9.17, 15) is 9.18 Å². The first-order valence-electron chi connectivity index (χ1n) is 5.75. The van der Waals surface area contributed by atoms with E-state index in [2.05, 4.69) is 0 Å². The monoisotopic (exact) mass is 260 g/mol. The third-order valence-electron chi connectivity index (χ3n) is 2.80. The molecule has 0 saturated carbocycles. The van der Waals surface area contributed by atoms with Gasteiger partial charge in [0, 0.05) is 0 Å². The van der Waals surface area contributed by atoms with Gasteiger partial charge in [-0.15, -0.1) is 0 Å². The smallest absolute Gasteiger partial charge is 0.335 e. The van der Waals surface area contributed by atoms with E-state index in [1.54, 1.807) is 24.3 Å². The highest BCUT2D eigenvalue weighted by Gasteiger charge is 2.06. The summed E-state index contributed by atoms with van der Waals surface area (Å²) in [5, 5.41) is 8.91. The lowest BCUT2D eigenvalue weighted by Crippen LogP contribution is -1.98. The van der Waals surface area contributed by atoms with Crippen LogP contribution in [-0.2, 0) is 6.42 Å². The van der Waals surface area contributed by atoms with Gasteiger partial charge >= 0.3 is 5.97 Å². The summed E-state index contributed by atoms with van der Waals surface area (Å²) >= 11 is 0. The van der Waals surface area contributed by atoms with Gasteiger partial charge in [-0.3, -0.25) is 0 Å². The number of carbonyl (C=O) groups is 1. The Morgan fingerprint density at radius 2 is 1.95 bits per heavy atom. The van der Waals surface area contributed by atoms with Crippen molar-refractivity contribution in [3.63, 3.8) is 0 Å². The highest BCUT2D eigenvalue weighted by Crippen LogP contribution is 2.20. The fourth-order valence-electron chi connectivity index (χ4n) is 1.87. The predicted octanol–water partition coefficient (Wildman–Crippen LogP) is 3.12. The average Bonchev–Trinajstić information content (AvgIpc) is 2.39. The quantitative estimate of drug-likeness (QED) is 0.918. The molecule has 0 saturated heterocycles. The number of carboxylic acids is 1. The van der Waals surface area contributed by atoms with E-state index in [0.29, 0.717) is 6.42 Å². The minimum Gasteiger partial charge on any atom is -0.494 e. The van der Waals surface area contributed by atoms with Crippen LogP contribution in [0.25, 0.3) is 0 Å².